The van der Waals surface area contributed by atoms with Crippen LogP contribution in [0.5, 0.6) is 17.2 Å². The van der Waals surface area contributed by atoms with Gasteiger partial charge < -0.3 is 25.2 Å². The molecule has 2 atom stereocenters. The Morgan fingerprint density at radius 2 is 1.53 bits per heavy atom. The van der Waals surface area contributed by atoms with Crippen LogP contribution in [0.1, 0.15) is 41.5 Å². The second-order valence-corrected chi connectivity index (χ2v) is 8.85. The minimum Gasteiger partial charge on any atom is -0.502 e. The first kappa shape index (κ1) is 21.9. The van der Waals surface area contributed by atoms with E-state index in [1.165, 1.54) is 25.3 Å². The second kappa shape index (κ2) is 8.78. The Kier molecular flexibility index (Phi) is 5.65. The van der Waals surface area contributed by atoms with E-state index in [0.717, 1.165) is 29.1 Å². The van der Waals surface area contributed by atoms with Gasteiger partial charge in [-0.05, 0) is 54.7 Å². The number of carbonyl (C=O) groups excluding carboxylic acids is 1. The molecule has 174 valence electrons. The summed E-state index contributed by atoms with van der Waals surface area (Å²) in [5.74, 6) is 0.725. The van der Waals surface area contributed by atoms with Crippen LogP contribution in [0.25, 0.3) is 0 Å². The minimum absolute atomic E-state index is 0.0653. The number of nitrogens with one attached hydrogen (secondary N) is 2. The molecule has 1 aliphatic heterocycles. The Hall–Kier alpha value is -3.93. The number of para-hydroxylation sites is 2. The average Bonchev–Trinajstić information content (AvgIpc) is 3.01. The van der Waals surface area contributed by atoms with E-state index in [-0.39, 0.29) is 17.5 Å². The maximum Gasteiger partial charge on any atom is 0.200 e. The highest BCUT2D eigenvalue weighted by Gasteiger charge is 2.36. The largest absolute Gasteiger partial charge is 0.502 e. The van der Waals surface area contributed by atoms with E-state index >= 15 is 0 Å². The number of phenolic OH excluding ortho intramolecular Hbond substituents is 1. The number of benzene rings is 3. The molecule has 0 fully saturated rings. The van der Waals surface area contributed by atoms with Gasteiger partial charge in [-0.1, -0.05) is 42.0 Å². The molecule has 0 amide bonds. The molecule has 3 aromatic rings. The zero-order valence-corrected chi connectivity index (χ0v) is 19.5. The lowest BCUT2D eigenvalue weighted by atomic mass is 9.78. The first-order valence-electron chi connectivity index (χ1n) is 11.4. The highest BCUT2D eigenvalue weighted by atomic mass is 16.5. The van der Waals surface area contributed by atoms with Gasteiger partial charge in [0, 0.05) is 17.7 Å². The van der Waals surface area contributed by atoms with Gasteiger partial charge in [0.05, 0.1) is 31.6 Å². The van der Waals surface area contributed by atoms with Gasteiger partial charge in [0.15, 0.2) is 17.3 Å². The Balaban J connectivity index is 1.64. The number of ether oxygens (including phenoxy) is 2. The molecule has 0 radical (unpaired) electrons. The van der Waals surface area contributed by atoms with Crippen LogP contribution >= 0.6 is 0 Å². The highest BCUT2D eigenvalue weighted by Crippen LogP contribution is 2.47. The Morgan fingerprint density at radius 3 is 2.18 bits per heavy atom. The van der Waals surface area contributed by atoms with Crippen LogP contribution in [0.3, 0.4) is 0 Å². The number of methoxy groups -OCH3 is 2. The second-order valence-electron chi connectivity index (χ2n) is 8.85. The quantitative estimate of drug-likeness (QED) is 0.468. The summed E-state index contributed by atoms with van der Waals surface area (Å²) in [6, 6.07) is 19.5. The van der Waals surface area contributed by atoms with Crippen molar-refractivity contribution in [1.29, 1.82) is 0 Å². The Bertz CT molecular complexity index is 1250. The van der Waals surface area contributed by atoms with Gasteiger partial charge in [-0.2, -0.15) is 0 Å². The number of aromatic hydroxyl groups is 1. The van der Waals surface area contributed by atoms with Crippen molar-refractivity contribution in [2.24, 2.45) is 0 Å². The number of aryl methyl sites for hydroxylation is 1. The van der Waals surface area contributed by atoms with Gasteiger partial charge in [0.1, 0.15) is 0 Å². The van der Waals surface area contributed by atoms with Crippen molar-refractivity contribution in [1.82, 2.24) is 0 Å². The van der Waals surface area contributed by atoms with Gasteiger partial charge in [-0.3, -0.25) is 4.79 Å². The van der Waals surface area contributed by atoms with Gasteiger partial charge in [0.25, 0.3) is 0 Å². The normalized spacial score (nSPS) is 19.3. The summed E-state index contributed by atoms with van der Waals surface area (Å²) < 4.78 is 10.8. The molecule has 2 aliphatic rings. The monoisotopic (exact) mass is 456 g/mol. The molecule has 0 aromatic heterocycles. The van der Waals surface area contributed by atoms with Crippen LogP contribution in [0, 0.1) is 6.92 Å². The lowest BCUT2D eigenvalue weighted by Crippen LogP contribution is -2.27. The van der Waals surface area contributed by atoms with E-state index in [9.17, 15) is 9.90 Å². The summed E-state index contributed by atoms with van der Waals surface area (Å²) in [5.41, 5.74) is 6.58. The number of carbonyl (C=O) groups is 1. The number of anilines is 2. The van der Waals surface area contributed by atoms with Gasteiger partial charge in [0.2, 0.25) is 5.75 Å². The Labute approximate surface area is 199 Å². The molecule has 0 spiro atoms. The van der Waals surface area contributed by atoms with Crippen LogP contribution in [-0.4, -0.2) is 25.1 Å². The van der Waals surface area contributed by atoms with E-state index in [1.54, 1.807) is 12.1 Å². The van der Waals surface area contributed by atoms with Crippen molar-refractivity contribution in [3.05, 3.63) is 88.6 Å². The van der Waals surface area contributed by atoms with E-state index in [4.69, 9.17) is 9.47 Å². The highest BCUT2D eigenvalue weighted by molar-refractivity contribution is 6.01. The molecule has 6 nitrogen and oxygen atoms in total. The molecule has 0 saturated heterocycles. The SMILES string of the molecule is COc1cc([C@H]2Nc3ccccc3NC3=C2C(=O)C[C@H](c2ccc(C)cc2)C3)cc(OC)c1O. The third-order valence-corrected chi connectivity index (χ3v) is 6.69. The van der Waals surface area contributed by atoms with Crippen LogP contribution in [-0.2, 0) is 4.79 Å². The molecule has 0 saturated carbocycles. The fourth-order valence-electron chi connectivity index (χ4n) is 4.90. The minimum atomic E-state index is -0.430. The number of fused-ring (bicyclic) bond motifs is 1. The van der Waals surface area contributed by atoms with Crippen LogP contribution in [0.15, 0.2) is 71.9 Å². The van der Waals surface area contributed by atoms with E-state index in [1.807, 2.05) is 24.3 Å². The van der Waals surface area contributed by atoms with Crippen LogP contribution in [0.2, 0.25) is 0 Å². The predicted molar refractivity (Wildman–Crippen MR) is 133 cm³/mol. The van der Waals surface area contributed by atoms with Gasteiger partial charge >= 0.3 is 0 Å². The van der Waals surface area contributed by atoms with Gasteiger partial charge in [-0.25, -0.2) is 0 Å². The average molecular weight is 457 g/mol. The predicted octanol–water partition coefficient (Wildman–Crippen LogP) is 5.70. The zero-order valence-electron chi connectivity index (χ0n) is 19.5. The third-order valence-electron chi connectivity index (χ3n) is 6.69. The number of Topliss-reactive ketones (excluding diaryl/α,β-unsaturated/α-hetero) is 1. The van der Waals surface area contributed by atoms with Crippen LogP contribution in [0.4, 0.5) is 11.4 Å². The molecule has 3 aromatic carbocycles. The maximum absolute atomic E-state index is 13.7. The number of hydrogen-bond donors (Lipinski definition) is 3. The molecule has 3 N–H and O–H groups in total. The zero-order chi connectivity index (χ0) is 23.8. The van der Waals surface area contributed by atoms with Crippen LogP contribution < -0.4 is 20.1 Å². The lowest BCUT2D eigenvalue weighted by molar-refractivity contribution is -0.116. The molecule has 6 heteroatoms. The van der Waals surface area contributed by atoms with E-state index in [2.05, 4.69) is 41.8 Å². The molecule has 0 bridgehead atoms. The third kappa shape index (κ3) is 3.85. The number of allylic oxidation sites excluding steroid dienone is 1. The number of hydrogen-bond acceptors (Lipinski definition) is 6. The van der Waals surface area contributed by atoms with E-state index in [0.29, 0.717) is 23.5 Å². The smallest absolute Gasteiger partial charge is 0.200 e. The molecule has 1 aliphatic carbocycles. The molecular formula is C28H28N2O4. The molecule has 5 rings (SSSR count). The number of ketones is 1. The fourth-order valence-corrected chi connectivity index (χ4v) is 4.90. The summed E-state index contributed by atoms with van der Waals surface area (Å²) in [6.07, 6.45) is 1.16. The first-order chi connectivity index (χ1) is 16.5. The first-order valence-corrected chi connectivity index (χ1v) is 11.4. The lowest BCUT2D eigenvalue weighted by Gasteiger charge is -2.30. The summed E-state index contributed by atoms with van der Waals surface area (Å²) in [4.78, 5) is 13.7. The molecule has 0 unspecified atom stereocenters. The molecule has 1 heterocycles. The fraction of sp³-hybridized carbons (Fsp3) is 0.250. The summed E-state index contributed by atoms with van der Waals surface area (Å²) >= 11 is 0. The summed E-state index contributed by atoms with van der Waals surface area (Å²) in [5, 5.41) is 17.5. The van der Waals surface area contributed by atoms with Crippen molar-refractivity contribution in [3.8, 4) is 17.2 Å². The van der Waals surface area contributed by atoms with Crippen molar-refractivity contribution in [3.63, 3.8) is 0 Å². The van der Waals surface area contributed by atoms with Crippen molar-refractivity contribution < 1.29 is 19.4 Å². The number of phenols is 1. The summed E-state index contributed by atoms with van der Waals surface area (Å²) in [7, 11) is 3.00. The standard InChI is InChI=1S/C28H28N2O4/c1-16-8-10-17(11-9-16)18-12-22-26(23(31)13-18)27(30-21-7-5-4-6-20(21)29-22)19-14-24(33-2)28(32)25(15-19)34-3/h4-11,14-15,18,27,29-30,32H,12-13H2,1-3H3/t18-,27-/m1/s1. The maximum atomic E-state index is 13.7. The Morgan fingerprint density at radius 1 is 0.882 bits per heavy atom. The van der Waals surface area contributed by atoms with Crippen molar-refractivity contribution in [2.45, 2.75) is 31.7 Å². The van der Waals surface area contributed by atoms with E-state index < -0.39 is 6.04 Å². The molecular weight excluding hydrogens is 428 g/mol. The summed E-state index contributed by atoms with van der Waals surface area (Å²) in [6.45, 7) is 2.07. The molecule has 34 heavy (non-hydrogen) atoms. The number of rotatable bonds is 4. The topological polar surface area (TPSA) is 79.8 Å². The van der Waals surface area contributed by atoms with Gasteiger partial charge in [-0.15, -0.1) is 0 Å². The van der Waals surface area contributed by atoms with Crippen molar-refractivity contribution >= 4 is 17.2 Å². The van der Waals surface area contributed by atoms with Crippen molar-refractivity contribution in [2.75, 3.05) is 24.9 Å².